The lowest BCUT2D eigenvalue weighted by atomic mass is 10.1. The van der Waals surface area contributed by atoms with Crippen LogP contribution in [-0.4, -0.2) is 42.8 Å². The molecule has 1 aliphatic rings. The smallest absolute Gasteiger partial charge is 0.272 e. The summed E-state index contributed by atoms with van der Waals surface area (Å²) >= 11 is 1.38. The molecule has 4 aromatic rings. The number of fused-ring (bicyclic) bond motifs is 1. The number of hydrogen-bond acceptors (Lipinski definition) is 7. The Labute approximate surface area is 266 Å². The van der Waals surface area contributed by atoms with Gasteiger partial charge in [0.2, 0.25) is 5.91 Å². The number of ether oxygens (including phenoxy) is 3. The number of hydrogen-bond donors (Lipinski definition) is 3. The van der Waals surface area contributed by atoms with E-state index < -0.39 is 17.1 Å². The lowest BCUT2D eigenvalue weighted by Crippen LogP contribution is -2.30. The van der Waals surface area contributed by atoms with Gasteiger partial charge in [-0.25, -0.2) is 0 Å². The van der Waals surface area contributed by atoms with Gasteiger partial charge in [0.1, 0.15) is 24.7 Å². The van der Waals surface area contributed by atoms with Gasteiger partial charge >= 0.3 is 0 Å². The van der Waals surface area contributed by atoms with Crippen molar-refractivity contribution in [3.63, 3.8) is 0 Å². The largest absolute Gasteiger partial charge is 0.493 e. The monoisotopic (exact) mass is 623 g/mol. The van der Waals surface area contributed by atoms with E-state index in [4.69, 9.17) is 14.2 Å². The van der Waals surface area contributed by atoms with E-state index >= 15 is 0 Å². The van der Waals surface area contributed by atoms with E-state index in [-0.39, 0.29) is 11.6 Å². The first kappa shape index (κ1) is 31.2. The molecule has 1 aliphatic heterocycles. The lowest BCUT2D eigenvalue weighted by molar-refractivity contribution is -0.115. The molecule has 0 spiro atoms. The van der Waals surface area contributed by atoms with Gasteiger partial charge in [0.05, 0.1) is 11.9 Å². The molecule has 230 valence electrons. The third-order valence-electron chi connectivity index (χ3n) is 6.65. The molecule has 0 aliphatic carbocycles. The number of rotatable bonds is 11. The highest BCUT2D eigenvalue weighted by atomic mass is 32.2. The predicted octanol–water partition coefficient (Wildman–Crippen LogP) is 6.39. The Hall–Kier alpha value is -5.22. The molecule has 0 fully saturated rings. The van der Waals surface area contributed by atoms with Crippen LogP contribution in [0.2, 0.25) is 0 Å². The molecule has 0 saturated carbocycles. The zero-order chi connectivity index (χ0) is 31.6. The Morgan fingerprint density at radius 2 is 1.53 bits per heavy atom. The normalized spacial score (nSPS) is 12.9. The Balaban J connectivity index is 1.25. The predicted molar refractivity (Wildman–Crippen MR) is 176 cm³/mol. The molecular formula is C35H33N3O6S. The summed E-state index contributed by atoms with van der Waals surface area (Å²) in [6, 6.07) is 28.4. The van der Waals surface area contributed by atoms with Gasteiger partial charge in [-0.2, -0.15) is 0 Å². The van der Waals surface area contributed by atoms with Crippen molar-refractivity contribution >= 4 is 46.9 Å². The number of carbonyl (C=O) groups excluding carboxylic acids is 3. The van der Waals surface area contributed by atoms with Crippen LogP contribution in [0.25, 0.3) is 6.08 Å². The number of anilines is 2. The maximum Gasteiger partial charge on any atom is 0.272 e. The molecular weight excluding hydrogens is 590 g/mol. The minimum absolute atomic E-state index is 0.0545. The molecule has 0 bridgehead atoms. The van der Waals surface area contributed by atoms with Gasteiger partial charge in [-0.05, 0) is 74.5 Å². The van der Waals surface area contributed by atoms with E-state index in [9.17, 15) is 14.4 Å². The van der Waals surface area contributed by atoms with Gasteiger partial charge < -0.3 is 30.2 Å². The van der Waals surface area contributed by atoms with E-state index in [2.05, 4.69) is 16.0 Å². The summed E-state index contributed by atoms with van der Waals surface area (Å²) in [6.07, 6.45) is 1.59. The highest BCUT2D eigenvalue weighted by Gasteiger charge is 2.19. The van der Waals surface area contributed by atoms with Gasteiger partial charge in [0.25, 0.3) is 11.8 Å². The van der Waals surface area contributed by atoms with Gasteiger partial charge in [-0.3, -0.25) is 14.4 Å². The van der Waals surface area contributed by atoms with Crippen molar-refractivity contribution in [2.45, 2.75) is 24.0 Å². The topological polar surface area (TPSA) is 115 Å². The Morgan fingerprint density at radius 1 is 0.844 bits per heavy atom. The van der Waals surface area contributed by atoms with Crippen LogP contribution in [0, 0.1) is 0 Å². The minimum Gasteiger partial charge on any atom is -0.493 e. The fraction of sp³-hybridized carbons (Fsp3) is 0.171. The molecule has 9 nitrogen and oxygen atoms in total. The van der Waals surface area contributed by atoms with Gasteiger partial charge in [-0.1, -0.05) is 36.4 Å². The summed E-state index contributed by atoms with van der Waals surface area (Å²) < 4.78 is 16.8. The van der Waals surface area contributed by atoms with E-state index in [1.54, 1.807) is 66.7 Å². The van der Waals surface area contributed by atoms with E-state index in [0.717, 1.165) is 4.90 Å². The average Bonchev–Trinajstić information content (AvgIpc) is 3.06. The number of amides is 3. The number of benzene rings is 4. The standard InChI is InChI=1S/C35H33N3O6S/c1-3-42-30-12-8-7-11-25(30)21-29(38-34(40)24-9-5-4-6-10-24)35(41)36-26-13-16-28(17-14-26)45-23(2)33(39)37-27-15-18-31-32(22-27)44-20-19-43-31/h4-18,21-23H,3,19-20H2,1-2H3,(H,36,41)(H,37,39)(H,38,40)/b29-21-. The maximum atomic E-state index is 13.5. The summed E-state index contributed by atoms with van der Waals surface area (Å²) in [5.41, 5.74) is 2.27. The quantitative estimate of drug-likeness (QED) is 0.131. The Kier molecular flexibility index (Phi) is 10.4. The van der Waals surface area contributed by atoms with Crippen molar-refractivity contribution in [2.24, 2.45) is 0 Å². The minimum atomic E-state index is -0.502. The van der Waals surface area contributed by atoms with Crippen molar-refractivity contribution in [3.8, 4) is 17.2 Å². The maximum absolute atomic E-state index is 13.5. The summed E-state index contributed by atoms with van der Waals surface area (Å²) in [6.45, 7) is 5.11. The van der Waals surface area contributed by atoms with E-state index in [1.165, 1.54) is 11.8 Å². The van der Waals surface area contributed by atoms with Crippen molar-refractivity contribution in [1.82, 2.24) is 5.32 Å². The van der Waals surface area contributed by atoms with Crippen molar-refractivity contribution in [3.05, 3.63) is 114 Å². The second-order valence-corrected chi connectivity index (χ2v) is 11.3. The van der Waals surface area contributed by atoms with E-state index in [0.29, 0.717) is 59.6 Å². The molecule has 1 heterocycles. The Bertz CT molecular complexity index is 1690. The fourth-order valence-corrected chi connectivity index (χ4v) is 5.29. The Morgan fingerprint density at radius 3 is 2.29 bits per heavy atom. The SMILES string of the molecule is CCOc1ccccc1/C=C(\NC(=O)c1ccccc1)C(=O)Nc1ccc(SC(C)C(=O)Nc2ccc3c(c2)OCCO3)cc1. The van der Waals surface area contributed by atoms with Crippen molar-refractivity contribution in [2.75, 3.05) is 30.5 Å². The zero-order valence-electron chi connectivity index (χ0n) is 24.9. The van der Waals surface area contributed by atoms with Crippen LogP contribution in [0.5, 0.6) is 17.2 Å². The molecule has 3 amide bonds. The summed E-state index contributed by atoms with van der Waals surface area (Å²) in [5, 5.41) is 8.13. The summed E-state index contributed by atoms with van der Waals surface area (Å²) in [5.74, 6) is 0.774. The molecule has 10 heteroatoms. The molecule has 0 saturated heterocycles. The average molecular weight is 624 g/mol. The van der Waals surface area contributed by atoms with Crippen LogP contribution in [0.3, 0.4) is 0 Å². The fourth-order valence-electron chi connectivity index (χ4n) is 4.42. The molecule has 5 rings (SSSR count). The zero-order valence-corrected chi connectivity index (χ0v) is 25.7. The van der Waals surface area contributed by atoms with Gasteiger partial charge in [-0.15, -0.1) is 11.8 Å². The van der Waals surface area contributed by atoms with Crippen LogP contribution in [0.4, 0.5) is 11.4 Å². The van der Waals surface area contributed by atoms with Crippen LogP contribution >= 0.6 is 11.8 Å². The van der Waals surface area contributed by atoms with Gasteiger partial charge in [0, 0.05) is 33.5 Å². The second kappa shape index (κ2) is 15.0. The number of carbonyl (C=O) groups is 3. The second-order valence-electron chi connectivity index (χ2n) is 9.94. The first-order valence-electron chi connectivity index (χ1n) is 14.5. The van der Waals surface area contributed by atoms with Crippen LogP contribution in [-0.2, 0) is 9.59 Å². The molecule has 1 unspecified atom stereocenters. The molecule has 1 atom stereocenters. The molecule has 0 radical (unpaired) electrons. The first-order valence-corrected chi connectivity index (χ1v) is 15.4. The summed E-state index contributed by atoms with van der Waals surface area (Å²) in [4.78, 5) is 40.2. The highest BCUT2D eigenvalue weighted by Crippen LogP contribution is 2.33. The van der Waals surface area contributed by atoms with Crippen molar-refractivity contribution in [1.29, 1.82) is 0 Å². The van der Waals surface area contributed by atoms with Crippen LogP contribution in [0.15, 0.2) is 108 Å². The number of thioether (sulfide) groups is 1. The molecule has 4 aromatic carbocycles. The third kappa shape index (κ3) is 8.45. The van der Waals surface area contributed by atoms with Gasteiger partial charge in [0.15, 0.2) is 11.5 Å². The van der Waals surface area contributed by atoms with Crippen molar-refractivity contribution < 1.29 is 28.6 Å². The molecule has 0 aromatic heterocycles. The highest BCUT2D eigenvalue weighted by molar-refractivity contribution is 8.00. The lowest BCUT2D eigenvalue weighted by Gasteiger charge is -2.19. The van der Waals surface area contributed by atoms with Crippen LogP contribution < -0.4 is 30.2 Å². The number of nitrogens with one attached hydrogen (secondary N) is 3. The number of para-hydroxylation sites is 1. The van der Waals surface area contributed by atoms with E-state index in [1.807, 2.05) is 50.2 Å². The summed E-state index contributed by atoms with van der Waals surface area (Å²) in [7, 11) is 0. The first-order chi connectivity index (χ1) is 21.9. The third-order valence-corrected chi connectivity index (χ3v) is 7.76. The molecule has 45 heavy (non-hydrogen) atoms. The van der Waals surface area contributed by atoms with Crippen LogP contribution in [0.1, 0.15) is 29.8 Å². The molecule has 3 N–H and O–H groups in total.